The van der Waals surface area contributed by atoms with E-state index in [0.29, 0.717) is 0 Å². The van der Waals surface area contributed by atoms with Crippen LogP contribution < -0.4 is 4.90 Å². The molecule has 18 heavy (non-hydrogen) atoms. The van der Waals surface area contributed by atoms with Crippen molar-refractivity contribution in [2.45, 2.75) is 19.8 Å². The van der Waals surface area contributed by atoms with Crippen LogP contribution in [0.25, 0.3) is 10.2 Å². The van der Waals surface area contributed by atoms with Gasteiger partial charge >= 0.3 is 0 Å². The van der Waals surface area contributed by atoms with E-state index >= 15 is 0 Å². The molecule has 1 aromatic carbocycles. The maximum atomic E-state index is 12.6. The number of hydrogen-bond donors (Lipinski definition) is 0. The maximum absolute atomic E-state index is 12.6. The number of anilines is 1. The van der Waals surface area contributed by atoms with E-state index in [1.807, 2.05) is 0 Å². The highest BCUT2D eigenvalue weighted by molar-refractivity contribution is 7.22. The molecule has 0 spiro atoms. The summed E-state index contributed by atoms with van der Waals surface area (Å²) in [4.78, 5) is 7.04. The van der Waals surface area contributed by atoms with E-state index in [1.165, 1.54) is 10.3 Å². The van der Waals surface area contributed by atoms with Crippen LogP contribution in [0.3, 0.4) is 0 Å². The van der Waals surface area contributed by atoms with E-state index in [0.717, 1.165) is 36.6 Å². The molecule has 0 atom stereocenters. The van der Waals surface area contributed by atoms with Crippen molar-refractivity contribution in [3.8, 4) is 0 Å². The number of para-hydroxylation sites is 1. The van der Waals surface area contributed by atoms with Crippen LogP contribution in [0.4, 0.5) is 9.52 Å². The number of rotatable bonds is 2. The Hall–Kier alpha value is -1.16. The molecule has 1 aromatic heterocycles. The van der Waals surface area contributed by atoms with Crippen molar-refractivity contribution < 1.29 is 4.39 Å². The summed E-state index contributed by atoms with van der Waals surface area (Å²) in [6.45, 7) is 3.80. The molecule has 2 heterocycles. The summed E-state index contributed by atoms with van der Waals surface area (Å²) in [5.74, 6) is 0.261. The predicted octanol–water partition coefficient (Wildman–Crippen LogP) is 3.79. The van der Waals surface area contributed by atoms with Gasteiger partial charge in [-0.05, 0) is 37.3 Å². The lowest BCUT2D eigenvalue weighted by Gasteiger charge is -2.30. The number of thiazole rings is 1. The third-order valence-electron chi connectivity index (χ3n) is 3.71. The fourth-order valence-electron chi connectivity index (χ4n) is 2.49. The summed E-state index contributed by atoms with van der Waals surface area (Å²) in [6.07, 6.45) is 1.90. The van der Waals surface area contributed by atoms with Crippen molar-refractivity contribution in [1.82, 2.24) is 4.98 Å². The number of hydrogen-bond acceptors (Lipinski definition) is 3. The van der Waals surface area contributed by atoms with Crippen molar-refractivity contribution >= 4 is 26.7 Å². The molecule has 0 amide bonds. The van der Waals surface area contributed by atoms with Gasteiger partial charge in [0.05, 0.1) is 16.9 Å². The maximum Gasteiger partial charge on any atom is 0.186 e. The van der Waals surface area contributed by atoms with E-state index < -0.39 is 0 Å². The number of aryl methyl sites for hydroxylation is 1. The zero-order valence-corrected chi connectivity index (χ0v) is 11.3. The molecule has 0 N–H and O–H groups in total. The van der Waals surface area contributed by atoms with Gasteiger partial charge in [-0.3, -0.25) is 4.39 Å². The molecule has 0 unspecified atom stereocenters. The van der Waals surface area contributed by atoms with Gasteiger partial charge in [-0.1, -0.05) is 23.5 Å². The molecule has 4 heteroatoms. The Morgan fingerprint density at radius 2 is 2.17 bits per heavy atom. The first-order valence-corrected chi connectivity index (χ1v) is 7.26. The normalized spacial score (nSPS) is 17.6. The van der Waals surface area contributed by atoms with Crippen molar-refractivity contribution in [1.29, 1.82) is 0 Å². The van der Waals surface area contributed by atoms with Crippen LogP contribution in [-0.4, -0.2) is 24.7 Å². The smallest absolute Gasteiger partial charge is 0.186 e. The summed E-state index contributed by atoms with van der Waals surface area (Å²) >= 11 is 1.75. The van der Waals surface area contributed by atoms with E-state index in [9.17, 15) is 4.39 Å². The lowest BCUT2D eigenvalue weighted by atomic mass is 9.99. The predicted molar refractivity (Wildman–Crippen MR) is 75.3 cm³/mol. The minimum Gasteiger partial charge on any atom is -0.348 e. The lowest BCUT2D eigenvalue weighted by molar-refractivity contribution is 0.307. The topological polar surface area (TPSA) is 16.1 Å². The van der Waals surface area contributed by atoms with Gasteiger partial charge < -0.3 is 4.90 Å². The monoisotopic (exact) mass is 264 g/mol. The Bertz CT molecular complexity index is 544. The lowest BCUT2D eigenvalue weighted by Crippen LogP contribution is -2.34. The minimum atomic E-state index is -0.174. The van der Waals surface area contributed by atoms with Crippen LogP contribution in [0.5, 0.6) is 0 Å². The first-order chi connectivity index (χ1) is 8.78. The van der Waals surface area contributed by atoms with Gasteiger partial charge in [0.1, 0.15) is 0 Å². The molecule has 2 nitrogen and oxygen atoms in total. The van der Waals surface area contributed by atoms with Gasteiger partial charge in [0.2, 0.25) is 0 Å². The second-order valence-electron chi connectivity index (χ2n) is 5.00. The van der Waals surface area contributed by atoms with Gasteiger partial charge in [0, 0.05) is 13.1 Å². The highest BCUT2D eigenvalue weighted by Gasteiger charge is 2.21. The van der Waals surface area contributed by atoms with Crippen molar-refractivity contribution in [3.05, 3.63) is 23.8 Å². The summed E-state index contributed by atoms with van der Waals surface area (Å²) in [6, 6.07) is 6.30. The van der Waals surface area contributed by atoms with Crippen LogP contribution in [0.15, 0.2) is 18.2 Å². The van der Waals surface area contributed by atoms with Crippen LogP contribution in [-0.2, 0) is 0 Å². The van der Waals surface area contributed by atoms with Crippen LogP contribution in [0.1, 0.15) is 18.4 Å². The van der Waals surface area contributed by atoms with Crippen LogP contribution in [0, 0.1) is 12.8 Å². The average molecular weight is 264 g/mol. The number of piperidine rings is 1. The SMILES string of the molecule is Cc1cccc2sc(N3CCC(CF)CC3)nc12. The number of halogens is 1. The highest BCUT2D eigenvalue weighted by Crippen LogP contribution is 2.32. The van der Waals surface area contributed by atoms with E-state index in [2.05, 4.69) is 30.0 Å². The molecule has 0 saturated carbocycles. The van der Waals surface area contributed by atoms with E-state index in [4.69, 9.17) is 4.98 Å². The Kier molecular flexibility index (Phi) is 3.20. The molecule has 0 aliphatic carbocycles. The van der Waals surface area contributed by atoms with Crippen molar-refractivity contribution in [2.75, 3.05) is 24.7 Å². The second-order valence-corrected chi connectivity index (χ2v) is 6.01. The second kappa shape index (κ2) is 4.84. The molecule has 3 rings (SSSR count). The fraction of sp³-hybridized carbons (Fsp3) is 0.500. The highest BCUT2D eigenvalue weighted by atomic mass is 32.1. The standard InChI is InChI=1S/C14H17FN2S/c1-10-3-2-4-12-13(10)16-14(18-12)17-7-5-11(9-15)6-8-17/h2-4,11H,5-9H2,1H3. The Balaban J connectivity index is 1.85. The Morgan fingerprint density at radius 3 is 2.83 bits per heavy atom. The molecule has 1 aliphatic rings. The molecule has 96 valence electrons. The summed E-state index contributed by atoms with van der Waals surface area (Å²) < 4.78 is 13.8. The first kappa shape index (κ1) is 11.9. The molecule has 2 aromatic rings. The van der Waals surface area contributed by atoms with Crippen LogP contribution >= 0.6 is 11.3 Å². The molecule has 1 saturated heterocycles. The minimum absolute atomic E-state index is 0.174. The third-order valence-corrected chi connectivity index (χ3v) is 4.79. The zero-order valence-electron chi connectivity index (χ0n) is 10.5. The Labute approximate surface area is 110 Å². The van der Waals surface area contributed by atoms with E-state index in [-0.39, 0.29) is 12.6 Å². The largest absolute Gasteiger partial charge is 0.348 e. The first-order valence-electron chi connectivity index (χ1n) is 6.45. The Morgan fingerprint density at radius 1 is 1.39 bits per heavy atom. The van der Waals surface area contributed by atoms with Gasteiger partial charge in [-0.15, -0.1) is 0 Å². The third kappa shape index (κ3) is 2.09. The van der Waals surface area contributed by atoms with Crippen molar-refractivity contribution in [2.24, 2.45) is 5.92 Å². The van der Waals surface area contributed by atoms with Crippen molar-refractivity contribution in [3.63, 3.8) is 0 Å². The number of nitrogens with zero attached hydrogens (tertiary/aromatic N) is 2. The molecular formula is C14H17FN2S. The van der Waals surface area contributed by atoms with Crippen LogP contribution in [0.2, 0.25) is 0 Å². The quantitative estimate of drug-likeness (QED) is 0.820. The molecule has 1 aliphatic heterocycles. The van der Waals surface area contributed by atoms with Gasteiger partial charge in [-0.25, -0.2) is 4.98 Å². The van der Waals surface area contributed by atoms with Gasteiger partial charge in [0.25, 0.3) is 0 Å². The number of aromatic nitrogens is 1. The number of fused-ring (bicyclic) bond motifs is 1. The molecule has 0 bridgehead atoms. The summed E-state index contributed by atoms with van der Waals surface area (Å²) in [5.41, 5.74) is 2.35. The van der Waals surface area contributed by atoms with Gasteiger partial charge in [-0.2, -0.15) is 0 Å². The number of benzene rings is 1. The molecular weight excluding hydrogens is 247 g/mol. The zero-order chi connectivity index (χ0) is 12.5. The molecule has 1 fully saturated rings. The number of alkyl halides is 1. The van der Waals surface area contributed by atoms with Gasteiger partial charge in [0.15, 0.2) is 5.13 Å². The fourth-order valence-corrected chi connectivity index (χ4v) is 3.58. The average Bonchev–Trinajstić information content (AvgIpc) is 2.84. The summed E-state index contributed by atoms with van der Waals surface area (Å²) in [5, 5.41) is 1.09. The van der Waals surface area contributed by atoms with E-state index in [1.54, 1.807) is 11.3 Å². The molecule has 0 radical (unpaired) electrons. The summed E-state index contributed by atoms with van der Waals surface area (Å²) in [7, 11) is 0.